The molecule has 1 fully saturated rings. The Kier molecular flexibility index (Phi) is 5.74. The Bertz CT molecular complexity index is 477. The maximum absolute atomic E-state index is 12.0. The Morgan fingerprint density at radius 1 is 1.14 bits per heavy atom. The first-order chi connectivity index (χ1) is 10.2. The predicted octanol–water partition coefficient (Wildman–Crippen LogP) is 0.444. The summed E-state index contributed by atoms with van der Waals surface area (Å²) in [5.41, 5.74) is 0.624. The van der Waals surface area contributed by atoms with E-state index in [9.17, 15) is 9.59 Å². The van der Waals surface area contributed by atoms with E-state index in [-0.39, 0.29) is 18.4 Å². The number of anilines is 1. The largest absolute Gasteiger partial charge is 0.358 e. The molecular weight excluding hydrogens is 270 g/mol. The molecule has 116 valence electrons. The normalized spacial score (nSPS) is 16.2. The minimum Gasteiger partial charge on any atom is -0.358 e. The summed E-state index contributed by atoms with van der Waals surface area (Å²) >= 11 is 0. The van der Waals surface area contributed by atoms with Crippen molar-refractivity contribution in [3.8, 4) is 0 Å². The lowest BCUT2D eigenvalue weighted by molar-refractivity contribution is -0.121. The molecule has 0 saturated carbocycles. The third kappa shape index (κ3) is 5.18. The van der Waals surface area contributed by atoms with Gasteiger partial charge in [-0.1, -0.05) is 12.8 Å². The summed E-state index contributed by atoms with van der Waals surface area (Å²) < 4.78 is 1.50. The van der Waals surface area contributed by atoms with E-state index in [0.29, 0.717) is 12.2 Å². The monoisotopic (exact) mass is 293 g/mol. The zero-order valence-electron chi connectivity index (χ0n) is 12.5. The number of hydrogen-bond donors (Lipinski definition) is 2. The molecule has 2 N–H and O–H groups in total. The van der Waals surface area contributed by atoms with Gasteiger partial charge in [0.1, 0.15) is 6.54 Å². The van der Waals surface area contributed by atoms with Gasteiger partial charge in [-0.05, 0) is 25.9 Å². The molecule has 0 aromatic carbocycles. The number of amides is 2. The van der Waals surface area contributed by atoms with Crippen LogP contribution in [0.15, 0.2) is 12.4 Å². The van der Waals surface area contributed by atoms with Crippen LogP contribution in [0.5, 0.6) is 0 Å². The van der Waals surface area contributed by atoms with Crippen LogP contribution in [0.1, 0.15) is 25.7 Å². The first kappa shape index (κ1) is 15.5. The molecule has 2 amide bonds. The van der Waals surface area contributed by atoms with E-state index < -0.39 is 0 Å². The van der Waals surface area contributed by atoms with Crippen molar-refractivity contribution in [3.05, 3.63) is 12.4 Å². The zero-order valence-corrected chi connectivity index (χ0v) is 12.5. The van der Waals surface area contributed by atoms with E-state index in [2.05, 4.69) is 20.6 Å². The van der Waals surface area contributed by atoms with Crippen LogP contribution in [0.25, 0.3) is 0 Å². The third-order valence-corrected chi connectivity index (χ3v) is 3.57. The predicted molar refractivity (Wildman–Crippen MR) is 79.8 cm³/mol. The minimum absolute atomic E-state index is 0.0311. The smallest absolute Gasteiger partial charge is 0.241 e. The summed E-state index contributed by atoms with van der Waals surface area (Å²) in [6, 6.07) is 0. The van der Waals surface area contributed by atoms with Crippen molar-refractivity contribution in [1.29, 1.82) is 0 Å². The second kappa shape index (κ2) is 7.78. The maximum atomic E-state index is 12.0. The highest BCUT2D eigenvalue weighted by molar-refractivity contribution is 5.92. The summed E-state index contributed by atoms with van der Waals surface area (Å²) in [7, 11) is 1.58. The standard InChI is InChI=1S/C14H23N5O2/c1-15-13(20)11-19-9-12(8-16-19)17-14(21)10-18-6-4-2-3-5-7-18/h8-9H,2-7,10-11H2,1H3,(H,15,20)(H,17,21). The fourth-order valence-electron chi connectivity index (χ4n) is 2.44. The molecule has 0 atom stereocenters. The molecule has 0 spiro atoms. The molecule has 7 heteroatoms. The van der Waals surface area contributed by atoms with Crippen molar-refractivity contribution in [2.75, 3.05) is 32.0 Å². The van der Waals surface area contributed by atoms with Crippen molar-refractivity contribution in [2.45, 2.75) is 32.2 Å². The Balaban J connectivity index is 1.80. The molecular formula is C14H23N5O2. The van der Waals surface area contributed by atoms with Crippen LogP contribution in [0.3, 0.4) is 0 Å². The van der Waals surface area contributed by atoms with Crippen molar-refractivity contribution in [2.24, 2.45) is 0 Å². The van der Waals surface area contributed by atoms with Crippen molar-refractivity contribution >= 4 is 17.5 Å². The Labute approximate surface area is 124 Å². The van der Waals surface area contributed by atoms with Gasteiger partial charge in [-0.3, -0.25) is 19.2 Å². The average molecular weight is 293 g/mol. The van der Waals surface area contributed by atoms with Crippen LogP contribution in [0.2, 0.25) is 0 Å². The van der Waals surface area contributed by atoms with Crippen LogP contribution < -0.4 is 10.6 Å². The van der Waals surface area contributed by atoms with E-state index in [1.54, 1.807) is 19.4 Å². The molecule has 7 nitrogen and oxygen atoms in total. The van der Waals surface area contributed by atoms with Gasteiger partial charge in [0.15, 0.2) is 0 Å². The lowest BCUT2D eigenvalue weighted by Crippen LogP contribution is -2.33. The molecule has 1 saturated heterocycles. The van der Waals surface area contributed by atoms with Gasteiger partial charge in [0.25, 0.3) is 0 Å². The second-order valence-electron chi connectivity index (χ2n) is 5.34. The highest BCUT2D eigenvalue weighted by Crippen LogP contribution is 2.10. The van der Waals surface area contributed by atoms with Gasteiger partial charge < -0.3 is 10.6 Å². The van der Waals surface area contributed by atoms with Gasteiger partial charge in [0.2, 0.25) is 11.8 Å². The first-order valence-corrected chi connectivity index (χ1v) is 7.42. The molecule has 0 radical (unpaired) electrons. The molecule has 1 aromatic heterocycles. The van der Waals surface area contributed by atoms with Crippen LogP contribution in [-0.2, 0) is 16.1 Å². The summed E-state index contributed by atoms with van der Waals surface area (Å²) in [6.07, 6.45) is 8.06. The van der Waals surface area contributed by atoms with Gasteiger partial charge in [-0.25, -0.2) is 0 Å². The van der Waals surface area contributed by atoms with Crippen LogP contribution in [0, 0.1) is 0 Å². The van der Waals surface area contributed by atoms with Gasteiger partial charge in [-0.15, -0.1) is 0 Å². The van der Waals surface area contributed by atoms with E-state index in [1.165, 1.54) is 17.5 Å². The SMILES string of the molecule is CNC(=O)Cn1cc(NC(=O)CN2CCCCCC2)cn1. The average Bonchev–Trinajstić information content (AvgIpc) is 2.72. The number of hydrogen-bond acceptors (Lipinski definition) is 4. The molecule has 1 aliphatic heterocycles. The molecule has 0 bridgehead atoms. The van der Waals surface area contributed by atoms with Crippen LogP contribution >= 0.6 is 0 Å². The number of carbonyl (C=O) groups excluding carboxylic acids is 2. The Morgan fingerprint density at radius 2 is 1.86 bits per heavy atom. The Morgan fingerprint density at radius 3 is 2.52 bits per heavy atom. The number of nitrogens with one attached hydrogen (secondary N) is 2. The van der Waals surface area contributed by atoms with Crippen LogP contribution in [-0.4, -0.2) is 53.2 Å². The molecule has 2 heterocycles. The van der Waals surface area contributed by atoms with Crippen molar-refractivity contribution in [1.82, 2.24) is 20.0 Å². The number of aromatic nitrogens is 2. The molecule has 0 aliphatic carbocycles. The van der Waals surface area contributed by atoms with Crippen molar-refractivity contribution in [3.63, 3.8) is 0 Å². The van der Waals surface area contributed by atoms with E-state index in [4.69, 9.17) is 0 Å². The molecule has 1 aliphatic rings. The maximum Gasteiger partial charge on any atom is 0.241 e. The zero-order chi connectivity index (χ0) is 15.1. The topological polar surface area (TPSA) is 79.3 Å². The van der Waals surface area contributed by atoms with Gasteiger partial charge >= 0.3 is 0 Å². The molecule has 0 unspecified atom stereocenters. The number of nitrogens with zero attached hydrogens (tertiary/aromatic N) is 3. The third-order valence-electron chi connectivity index (χ3n) is 3.57. The highest BCUT2D eigenvalue weighted by Gasteiger charge is 2.13. The minimum atomic E-state index is -0.124. The number of carbonyl (C=O) groups is 2. The van der Waals surface area contributed by atoms with E-state index in [1.807, 2.05) is 0 Å². The van der Waals surface area contributed by atoms with Gasteiger partial charge in [-0.2, -0.15) is 5.10 Å². The van der Waals surface area contributed by atoms with Crippen LogP contribution in [0.4, 0.5) is 5.69 Å². The summed E-state index contributed by atoms with van der Waals surface area (Å²) in [4.78, 5) is 25.4. The first-order valence-electron chi connectivity index (χ1n) is 7.42. The number of likely N-dealkylation sites (tertiary alicyclic amines) is 1. The molecule has 21 heavy (non-hydrogen) atoms. The van der Waals surface area contributed by atoms with Gasteiger partial charge in [0.05, 0.1) is 18.4 Å². The summed E-state index contributed by atoms with van der Waals surface area (Å²) in [5, 5.41) is 9.40. The Hall–Kier alpha value is -1.89. The lowest BCUT2D eigenvalue weighted by Gasteiger charge is -2.18. The summed E-state index contributed by atoms with van der Waals surface area (Å²) in [5.74, 6) is -0.156. The fraction of sp³-hybridized carbons (Fsp3) is 0.643. The molecule has 1 aromatic rings. The highest BCUT2D eigenvalue weighted by atomic mass is 16.2. The molecule has 2 rings (SSSR count). The van der Waals surface area contributed by atoms with Crippen molar-refractivity contribution < 1.29 is 9.59 Å². The lowest BCUT2D eigenvalue weighted by atomic mass is 10.2. The second-order valence-corrected chi connectivity index (χ2v) is 5.34. The fourth-order valence-corrected chi connectivity index (χ4v) is 2.44. The number of likely N-dealkylation sites (N-methyl/N-ethyl adjacent to an activating group) is 1. The van der Waals surface area contributed by atoms with Gasteiger partial charge in [0, 0.05) is 13.2 Å². The van der Waals surface area contributed by atoms with E-state index >= 15 is 0 Å². The quantitative estimate of drug-likeness (QED) is 0.826. The number of rotatable bonds is 5. The van der Waals surface area contributed by atoms with E-state index in [0.717, 1.165) is 25.9 Å². The summed E-state index contributed by atoms with van der Waals surface area (Å²) in [6.45, 7) is 2.55.